The van der Waals surface area contributed by atoms with Crippen LogP contribution in [0.25, 0.3) is 0 Å². The first kappa shape index (κ1) is 13.6. The van der Waals surface area contributed by atoms with Crippen molar-refractivity contribution in [2.75, 3.05) is 20.3 Å². The molecule has 1 aromatic carbocycles. The van der Waals surface area contributed by atoms with E-state index in [0.29, 0.717) is 11.5 Å². The largest absolute Gasteiger partial charge is 0.497 e. The van der Waals surface area contributed by atoms with Gasteiger partial charge in [-0.05, 0) is 61.6 Å². The van der Waals surface area contributed by atoms with Gasteiger partial charge in [0.25, 0.3) is 0 Å². The fraction of sp³-hybridized carbons (Fsp3) is 0.667. The lowest BCUT2D eigenvalue weighted by Gasteiger charge is -2.53. The van der Waals surface area contributed by atoms with Crippen molar-refractivity contribution in [2.24, 2.45) is 0 Å². The highest BCUT2D eigenvalue weighted by atomic mass is 16.6. The predicted octanol–water partition coefficient (Wildman–Crippen LogP) is 3.46. The summed E-state index contributed by atoms with van der Waals surface area (Å²) < 4.78 is 16.8. The Balaban J connectivity index is 1.46. The van der Waals surface area contributed by atoms with Crippen LogP contribution < -0.4 is 4.74 Å². The van der Waals surface area contributed by atoms with Gasteiger partial charge in [0.2, 0.25) is 0 Å². The average Bonchev–Trinajstić information content (AvgIpc) is 3.39. The van der Waals surface area contributed by atoms with Crippen molar-refractivity contribution in [2.45, 2.75) is 55.6 Å². The second-order valence-corrected chi connectivity index (χ2v) is 6.96. The summed E-state index contributed by atoms with van der Waals surface area (Å²) in [6, 6.07) is 8.72. The SMILES string of the molecule is COc1ccc(C23CCC(OCC4CO4)(CC2)CC3)cc1. The maximum atomic E-state index is 6.25. The van der Waals surface area contributed by atoms with Gasteiger partial charge in [0.05, 0.1) is 25.9 Å². The average molecular weight is 288 g/mol. The zero-order chi connectivity index (χ0) is 14.3. The van der Waals surface area contributed by atoms with Gasteiger partial charge >= 0.3 is 0 Å². The second-order valence-electron chi connectivity index (χ2n) is 6.96. The summed E-state index contributed by atoms with van der Waals surface area (Å²) in [6.45, 7) is 1.70. The normalized spacial score (nSPS) is 37.5. The minimum absolute atomic E-state index is 0.153. The van der Waals surface area contributed by atoms with Crippen LogP contribution in [0.3, 0.4) is 0 Å². The van der Waals surface area contributed by atoms with E-state index < -0.39 is 0 Å². The molecule has 1 heterocycles. The lowest BCUT2D eigenvalue weighted by molar-refractivity contribution is -0.121. The van der Waals surface area contributed by atoms with Crippen molar-refractivity contribution in [1.82, 2.24) is 0 Å². The van der Waals surface area contributed by atoms with Crippen molar-refractivity contribution in [3.05, 3.63) is 29.8 Å². The zero-order valence-corrected chi connectivity index (χ0v) is 12.8. The molecule has 3 aliphatic carbocycles. The Morgan fingerprint density at radius 3 is 2.19 bits per heavy atom. The third kappa shape index (κ3) is 2.47. The Bertz CT molecular complexity index is 479. The van der Waals surface area contributed by atoms with Gasteiger partial charge in [0, 0.05) is 0 Å². The molecule has 1 unspecified atom stereocenters. The lowest BCUT2D eigenvalue weighted by Crippen LogP contribution is -2.50. The van der Waals surface area contributed by atoms with Crippen LogP contribution in [0.5, 0.6) is 5.75 Å². The highest BCUT2D eigenvalue weighted by Crippen LogP contribution is 2.55. The van der Waals surface area contributed by atoms with E-state index in [1.54, 1.807) is 7.11 Å². The number of ether oxygens (including phenoxy) is 3. The maximum Gasteiger partial charge on any atom is 0.118 e. The van der Waals surface area contributed by atoms with Crippen LogP contribution in [0, 0.1) is 0 Å². The van der Waals surface area contributed by atoms with Crippen LogP contribution in [0.15, 0.2) is 24.3 Å². The third-order valence-electron chi connectivity index (χ3n) is 5.86. The number of epoxide rings is 1. The van der Waals surface area contributed by atoms with Gasteiger partial charge in [0.1, 0.15) is 11.9 Å². The van der Waals surface area contributed by atoms with Crippen molar-refractivity contribution in [3.63, 3.8) is 0 Å². The number of methoxy groups -OCH3 is 1. The van der Waals surface area contributed by atoms with Gasteiger partial charge in [-0.1, -0.05) is 12.1 Å². The van der Waals surface area contributed by atoms with Crippen molar-refractivity contribution >= 4 is 0 Å². The molecule has 21 heavy (non-hydrogen) atoms. The van der Waals surface area contributed by atoms with Gasteiger partial charge in [-0.15, -0.1) is 0 Å². The van der Waals surface area contributed by atoms with E-state index in [4.69, 9.17) is 14.2 Å². The Kier molecular flexibility index (Phi) is 3.23. The van der Waals surface area contributed by atoms with Gasteiger partial charge in [-0.3, -0.25) is 0 Å². The number of hydrogen-bond acceptors (Lipinski definition) is 3. The molecule has 3 saturated carbocycles. The summed E-state index contributed by atoms with van der Waals surface area (Å²) in [5.74, 6) is 0.948. The molecule has 1 aliphatic heterocycles. The van der Waals surface area contributed by atoms with Crippen LogP contribution in [0.4, 0.5) is 0 Å². The fourth-order valence-electron chi connectivity index (χ4n) is 4.18. The molecule has 0 aromatic heterocycles. The molecule has 1 atom stereocenters. The van der Waals surface area contributed by atoms with Crippen LogP contribution in [0.1, 0.15) is 44.1 Å². The highest BCUT2D eigenvalue weighted by molar-refractivity contribution is 5.34. The fourth-order valence-corrected chi connectivity index (χ4v) is 4.18. The van der Waals surface area contributed by atoms with Gasteiger partial charge in [-0.25, -0.2) is 0 Å². The van der Waals surface area contributed by atoms with Crippen molar-refractivity contribution in [3.8, 4) is 5.75 Å². The molecule has 114 valence electrons. The molecule has 1 aromatic rings. The molecule has 3 heteroatoms. The minimum Gasteiger partial charge on any atom is -0.497 e. The van der Waals surface area contributed by atoms with Crippen LogP contribution in [0.2, 0.25) is 0 Å². The molecule has 0 N–H and O–H groups in total. The third-order valence-corrected chi connectivity index (χ3v) is 5.86. The van der Waals surface area contributed by atoms with E-state index in [0.717, 1.165) is 19.0 Å². The molecular weight excluding hydrogens is 264 g/mol. The zero-order valence-electron chi connectivity index (χ0n) is 12.8. The van der Waals surface area contributed by atoms with E-state index in [1.165, 1.54) is 44.1 Å². The number of fused-ring (bicyclic) bond motifs is 3. The quantitative estimate of drug-likeness (QED) is 0.778. The standard InChI is InChI=1S/C18H24O3/c1-19-15-4-2-14(3-5-15)17-6-9-18(10-7-17,11-8-17)21-13-16-12-20-16/h2-5,16H,6-13H2,1H3. The molecular formula is C18H24O3. The van der Waals surface area contributed by atoms with Crippen molar-refractivity contribution in [1.29, 1.82) is 0 Å². The Labute approximate surface area is 126 Å². The van der Waals surface area contributed by atoms with E-state index in [2.05, 4.69) is 24.3 Å². The summed E-state index contributed by atoms with van der Waals surface area (Å²) in [5, 5.41) is 0. The smallest absolute Gasteiger partial charge is 0.118 e. The van der Waals surface area contributed by atoms with E-state index in [1.807, 2.05) is 0 Å². The Morgan fingerprint density at radius 1 is 1.05 bits per heavy atom. The van der Waals surface area contributed by atoms with E-state index in [-0.39, 0.29) is 5.60 Å². The minimum atomic E-state index is 0.153. The van der Waals surface area contributed by atoms with Crippen LogP contribution in [-0.2, 0) is 14.9 Å². The van der Waals surface area contributed by atoms with Crippen LogP contribution in [-0.4, -0.2) is 32.0 Å². The number of hydrogen-bond donors (Lipinski definition) is 0. The summed E-state index contributed by atoms with van der Waals surface area (Å²) in [4.78, 5) is 0. The molecule has 3 nitrogen and oxygen atoms in total. The molecule has 2 bridgehead atoms. The monoisotopic (exact) mass is 288 g/mol. The number of rotatable bonds is 5. The highest BCUT2D eigenvalue weighted by Gasteiger charge is 2.50. The van der Waals surface area contributed by atoms with Gasteiger partial charge in [0.15, 0.2) is 0 Å². The maximum absolute atomic E-state index is 6.25. The summed E-state index contributed by atoms with van der Waals surface area (Å²) in [6.07, 6.45) is 7.75. The number of benzene rings is 1. The van der Waals surface area contributed by atoms with E-state index >= 15 is 0 Å². The van der Waals surface area contributed by atoms with Crippen LogP contribution >= 0.6 is 0 Å². The molecule has 0 radical (unpaired) electrons. The molecule has 1 saturated heterocycles. The molecule has 0 spiro atoms. The first-order valence-electron chi connectivity index (χ1n) is 8.14. The first-order valence-corrected chi connectivity index (χ1v) is 8.14. The Hall–Kier alpha value is -1.06. The molecule has 4 fully saturated rings. The summed E-state index contributed by atoms with van der Waals surface area (Å²) in [7, 11) is 1.73. The van der Waals surface area contributed by atoms with Gasteiger partial charge in [-0.2, -0.15) is 0 Å². The Morgan fingerprint density at radius 2 is 1.67 bits per heavy atom. The van der Waals surface area contributed by atoms with E-state index in [9.17, 15) is 0 Å². The molecule has 5 rings (SSSR count). The summed E-state index contributed by atoms with van der Waals surface area (Å²) in [5.41, 5.74) is 2.02. The lowest BCUT2D eigenvalue weighted by atomic mass is 9.56. The summed E-state index contributed by atoms with van der Waals surface area (Å²) >= 11 is 0. The molecule has 4 aliphatic rings. The topological polar surface area (TPSA) is 31.0 Å². The first-order chi connectivity index (χ1) is 10.2. The molecule has 0 amide bonds. The predicted molar refractivity (Wildman–Crippen MR) is 80.8 cm³/mol. The van der Waals surface area contributed by atoms with Gasteiger partial charge < -0.3 is 14.2 Å². The second kappa shape index (κ2) is 4.99. The van der Waals surface area contributed by atoms with Crippen molar-refractivity contribution < 1.29 is 14.2 Å².